The molecule has 2 atom stereocenters. The number of H-pyrrole nitrogens is 1. The van der Waals surface area contributed by atoms with Gasteiger partial charge in [0.05, 0.1) is 6.10 Å². The molecule has 0 spiro atoms. The van der Waals surface area contributed by atoms with Crippen molar-refractivity contribution in [2.75, 3.05) is 18.9 Å². The number of aromatic nitrogens is 3. The normalized spacial score (nSPS) is 23.8. The third-order valence-corrected chi connectivity index (χ3v) is 2.99. The number of nitrogens with one attached hydrogen (secondary N) is 2. The molecule has 2 heterocycles. The predicted molar refractivity (Wildman–Crippen MR) is 61.3 cm³/mol. The fraction of sp³-hybridized carbons (Fsp3) is 0.700. The summed E-state index contributed by atoms with van der Waals surface area (Å²) >= 11 is 0. The van der Waals surface area contributed by atoms with Gasteiger partial charge in [0.2, 0.25) is 11.8 Å². The molecule has 7 nitrogen and oxygen atoms in total. The number of ether oxygens (including phenoxy) is 1. The van der Waals surface area contributed by atoms with E-state index < -0.39 is 0 Å². The lowest BCUT2D eigenvalue weighted by Crippen LogP contribution is -2.33. The van der Waals surface area contributed by atoms with Crippen LogP contribution in [0.2, 0.25) is 0 Å². The molecule has 1 amide bonds. The van der Waals surface area contributed by atoms with Crippen molar-refractivity contribution in [1.82, 2.24) is 20.5 Å². The van der Waals surface area contributed by atoms with Crippen molar-refractivity contribution in [3.8, 4) is 0 Å². The average Bonchev–Trinajstić information content (AvgIpc) is 2.94. The van der Waals surface area contributed by atoms with Crippen molar-refractivity contribution < 1.29 is 9.53 Å². The summed E-state index contributed by atoms with van der Waals surface area (Å²) in [6, 6.07) is 0. The highest BCUT2D eigenvalue weighted by atomic mass is 16.5. The molecule has 0 radical (unpaired) electrons. The van der Waals surface area contributed by atoms with Gasteiger partial charge in [0.1, 0.15) is 0 Å². The van der Waals surface area contributed by atoms with Gasteiger partial charge in [0.25, 0.3) is 5.91 Å². The first-order valence-electron chi connectivity index (χ1n) is 5.78. The smallest absolute Gasteiger partial charge is 0.288 e. The Hall–Kier alpha value is -1.63. The number of nitrogens with two attached hydrogens (primary N) is 1. The molecule has 1 aromatic heterocycles. The molecule has 2 unspecified atom stereocenters. The summed E-state index contributed by atoms with van der Waals surface area (Å²) in [7, 11) is 0. The van der Waals surface area contributed by atoms with Crippen LogP contribution in [0.25, 0.3) is 0 Å². The van der Waals surface area contributed by atoms with E-state index in [4.69, 9.17) is 10.5 Å². The van der Waals surface area contributed by atoms with Gasteiger partial charge >= 0.3 is 0 Å². The van der Waals surface area contributed by atoms with Crippen LogP contribution >= 0.6 is 0 Å². The van der Waals surface area contributed by atoms with E-state index in [1.165, 1.54) is 0 Å². The lowest BCUT2D eigenvalue weighted by molar-refractivity contribution is 0.0823. The standard InChI is InChI=1S/C10H17N5O2/c1-2-7-6(3-4-17-7)5-12-9(16)8-13-10(11)15-14-8/h6-7H,2-5H2,1H3,(H,12,16)(H3,11,13,14,15). The number of carbonyl (C=O) groups is 1. The number of aromatic amines is 1. The van der Waals surface area contributed by atoms with Gasteiger partial charge in [-0.05, 0) is 12.8 Å². The summed E-state index contributed by atoms with van der Waals surface area (Å²) in [5.74, 6) is 0.320. The monoisotopic (exact) mass is 239 g/mol. The van der Waals surface area contributed by atoms with E-state index in [0.29, 0.717) is 12.5 Å². The van der Waals surface area contributed by atoms with Crippen molar-refractivity contribution >= 4 is 11.9 Å². The van der Waals surface area contributed by atoms with Gasteiger partial charge < -0.3 is 15.8 Å². The molecular weight excluding hydrogens is 222 g/mol. The fourth-order valence-electron chi connectivity index (χ4n) is 2.06. The minimum Gasteiger partial charge on any atom is -0.378 e. The number of hydrogen-bond donors (Lipinski definition) is 3. The number of nitrogen functional groups attached to an aromatic ring is 1. The third kappa shape index (κ3) is 2.73. The summed E-state index contributed by atoms with van der Waals surface area (Å²) in [4.78, 5) is 15.4. The predicted octanol–water partition coefficient (Wildman–Crippen LogP) is -0.0682. The maximum atomic E-state index is 11.7. The van der Waals surface area contributed by atoms with Crippen LogP contribution in [0.5, 0.6) is 0 Å². The van der Waals surface area contributed by atoms with Crippen molar-refractivity contribution in [2.45, 2.75) is 25.9 Å². The van der Waals surface area contributed by atoms with Gasteiger partial charge in [-0.2, -0.15) is 4.98 Å². The maximum absolute atomic E-state index is 11.7. The zero-order valence-corrected chi connectivity index (χ0v) is 9.77. The van der Waals surface area contributed by atoms with Crippen molar-refractivity contribution in [1.29, 1.82) is 0 Å². The maximum Gasteiger partial charge on any atom is 0.288 e. The van der Waals surface area contributed by atoms with E-state index in [-0.39, 0.29) is 23.8 Å². The second kappa shape index (κ2) is 5.13. The van der Waals surface area contributed by atoms with Crippen LogP contribution in [-0.2, 0) is 4.74 Å². The highest BCUT2D eigenvalue weighted by Crippen LogP contribution is 2.22. The van der Waals surface area contributed by atoms with Gasteiger partial charge in [-0.25, -0.2) is 0 Å². The van der Waals surface area contributed by atoms with Gasteiger partial charge in [-0.3, -0.25) is 9.89 Å². The Kier molecular flexibility index (Phi) is 3.58. The van der Waals surface area contributed by atoms with Crippen LogP contribution < -0.4 is 11.1 Å². The molecule has 0 aromatic carbocycles. The Bertz CT molecular complexity index is 392. The molecule has 94 valence electrons. The van der Waals surface area contributed by atoms with Crippen molar-refractivity contribution in [3.05, 3.63) is 5.82 Å². The summed E-state index contributed by atoms with van der Waals surface area (Å²) in [6.45, 7) is 3.45. The lowest BCUT2D eigenvalue weighted by Gasteiger charge is -2.16. The molecule has 1 aromatic rings. The average molecular weight is 239 g/mol. The van der Waals surface area contributed by atoms with E-state index in [9.17, 15) is 4.79 Å². The third-order valence-electron chi connectivity index (χ3n) is 2.99. The number of anilines is 1. The van der Waals surface area contributed by atoms with Crippen LogP contribution in [0.15, 0.2) is 0 Å². The zero-order valence-electron chi connectivity index (χ0n) is 9.77. The molecule has 1 fully saturated rings. The van der Waals surface area contributed by atoms with Crippen molar-refractivity contribution in [3.63, 3.8) is 0 Å². The minimum atomic E-state index is -0.282. The molecule has 2 rings (SSSR count). The van der Waals surface area contributed by atoms with E-state index in [1.54, 1.807) is 0 Å². The summed E-state index contributed by atoms with van der Waals surface area (Å²) in [6.07, 6.45) is 2.20. The highest BCUT2D eigenvalue weighted by Gasteiger charge is 2.27. The van der Waals surface area contributed by atoms with E-state index in [2.05, 4.69) is 27.4 Å². The zero-order chi connectivity index (χ0) is 12.3. The summed E-state index contributed by atoms with van der Waals surface area (Å²) < 4.78 is 5.55. The van der Waals surface area contributed by atoms with Crippen molar-refractivity contribution in [2.24, 2.45) is 5.92 Å². The Balaban J connectivity index is 1.84. The molecular formula is C10H17N5O2. The lowest BCUT2D eigenvalue weighted by atomic mass is 10.00. The first kappa shape index (κ1) is 11.8. The fourth-order valence-corrected chi connectivity index (χ4v) is 2.06. The first-order chi connectivity index (χ1) is 8.20. The Morgan fingerprint density at radius 3 is 3.18 bits per heavy atom. The molecule has 1 aliphatic rings. The van der Waals surface area contributed by atoms with E-state index in [1.807, 2.05) is 0 Å². The number of carbonyl (C=O) groups excluding carboxylic acids is 1. The molecule has 0 aliphatic carbocycles. The second-order valence-electron chi connectivity index (χ2n) is 4.12. The van der Waals surface area contributed by atoms with E-state index in [0.717, 1.165) is 19.4 Å². The Morgan fingerprint density at radius 1 is 1.71 bits per heavy atom. The van der Waals surface area contributed by atoms with Gasteiger partial charge in [0, 0.05) is 19.1 Å². The number of nitrogens with zero attached hydrogens (tertiary/aromatic N) is 2. The first-order valence-corrected chi connectivity index (χ1v) is 5.78. The number of amides is 1. The van der Waals surface area contributed by atoms with Crippen LogP contribution in [-0.4, -0.2) is 40.3 Å². The Morgan fingerprint density at radius 2 is 2.53 bits per heavy atom. The molecule has 17 heavy (non-hydrogen) atoms. The molecule has 0 bridgehead atoms. The van der Waals surface area contributed by atoms with Crippen LogP contribution in [0.4, 0.5) is 5.95 Å². The Labute approximate surface area is 99.1 Å². The van der Waals surface area contributed by atoms with Gasteiger partial charge in [-0.15, -0.1) is 5.10 Å². The number of hydrogen-bond acceptors (Lipinski definition) is 5. The van der Waals surface area contributed by atoms with Crippen LogP contribution in [0.1, 0.15) is 30.4 Å². The number of rotatable bonds is 4. The topological polar surface area (TPSA) is 106 Å². The van der Waals surface area contributed by atoms with Crippen LogP contribution in [0, 0.1) is 5.92 Å². The van der Waals surface area contributed by atoms with Gasteiger partial charge in [-0.1, -0.05) is 6.92 Å². The molecule has 7 heteroatoms. The largest absolute Gasteiger partial charge is 0.378 e. The molecule has 1 saturated heterocycles. The second-order valence-corrected chi connectivity index (χ2v) is 4.12. The quantitative estimate of drug-likeness (QED) is 0.682. The minimum absolute atomic E-state index is 0.0748. The highest BCUT2D eigenvalue weighted by molar-refractivity contribution is 5.90. The van der Waals surface area contributed by atoms with Gasteiger partial charge in [0.15, 0.2) is 0 Å². The molecule has 0 saturated carbocycles. The SMILES string of the molecule is CCC1OCCC1CNC(=O)c1nc(N)n[nH]1. The summed E-state index contributed by atoms with van der Waals surface area (Å²) in [5, 5.41) is 8.89. The molecule has 4 N–H and O–H groups in total. The molecule has 1 aliphatic heterocycles. The summed E-state index contributed by atoms with van der Waals surface area (Å²) in [5.41, 5.74) is 5.32. The van der Waals surface area contributed by atoms with Crippen LogP contribution in [0.3, 0.4) is 0 Å². The van der Waals surface area contributed by atoms with E-state index >= 15 is 0 Å².